The molecule has 0 spiro atoms. The van der Waals surface area contributed by atoms with Crippen molar-refractivity contribution in [3.63, 3.8) is 0 Å². The number of carbonyl (C=O) groups excluding carboxylic acids is 1. The lowest BCUT2D eigenvalue weighted by molar-refractivity contribution is -0.147. The number of carboxylic acid groups (broad SMARTS) is 1. The van der Waals surface area contributed by atoms with Gasteiger partial charge in [-0.1, -0.05) is 6.42 Å². The molecule has 0 aromatic heterocycles. The Morgan fingerprint density at radius 3 is 2.62 bits per heavy atom. The molecular formula is C14H22F2N2O3. The summed E-state index contributed by atoms with van der Waals surface area (Å²) in [6.45, 7) is 2.01. The van der Waals surface area contributed by atoms with Gasteiger partial charge in [-0.2, -0.15) is 0 Å². The Morgan fingerprint density at radius 1 is 1.33 bits per heavy atom. The number of hydrogen-bond donors (Lipinski definition) is 2. The van der Waals surface area contributed by atoms with Gasteiger partial charge in [-0.15, -0.1) is 0 Å². The molecule has 1 saturated carbocycles. The van der Waals surface area contributed by atoms with Gasteiger partial charge in [-0.05, 0) is 26.2 Å². The molecule has 120 valence electrons. The number of aliphatic carboxylic acids is 1. The number of nitrogens with zero attached hydrogens (tertiary/aromatic N) is 1. The number of carbonyl (C=O) groups is 2. The Labute approximate surface area is 122 Å². The number of halogens is 2. The van der Waals surface area contributed by atoms with Crippen molar-refractivity contribution in [1.82, 2.24) is 10.2 Å². The van der Waals surface area contributed by atoms with E-state index in [2.05, 4.69) is 5.32 Å². The first kappa shape index (κ1) is 16.0. The second-order valence-corrected chi connectivity index (χ2v) is 6.43. The largest absolute Gasteiger partial charge is 0.481 e. The maximum atomic E-state index is 13.7. The van der Waals surface area contributed by atoms with Crippen LogP contribution >= 0.6 is 0 Å². The lowest BCUT2D eigenvalue weighted by Gasteiger charge is -2.31. The smallest absolute Gasteiger partial charge is 0.317 e. The van der Waals surface area contributed by atoms with Gasteiger partial charge in [-0.25, -0.2) is 13.6 Å². The summed E-state index contributed by atoms with van der Waals surface area (Å²) >= 11 is 0. The Kier molecular flexibility index (Phi) is 4.39. The van der Waals surface area contributed by atoms with Gasteiger partial charge >= 0.3 is 12.0 Å². The monoisotopic (exact) mass is 304 g/mol. The van der Waals surface area contributed by atoms with Gasteiger partial charge in [0.2, 0.25) is 0 Å². The zero-order chi connectivity index (χ0) is 15.7. The van der Waals surface area contributed by atoms with Crippen molar-refractivity contribution in [2.75, 3.05) is 19.6 Å². The third-order valence-corrected chi connectivity index (χ3v) is 4.69. The first-order chi connectivity index (χ1) is 9.74. The van der Waals surface area contributed by atoms with E-state index in [0.29, 0.717) is 25.8 Å². The molecule has 1 saturated heterocycles. The fourth-order valence-corrected chi connectivity index (χ4v) is 3.05. The van der Waals surface area contributed by atoms with Gasteiger partial charge in [-0.3, -0.25) is 4.79 Å². The molecule has 2 rings (SSSR count). The van der Waals surface area contributed by atoms with Crippen molar-refractivity contribution in [3.8, 4) is 0 Å². The van der Waals surface area contributed by atoms with Crippen molar-refractivity contribution < 1.29 is 23.5 Å². The average Bonchev–Trinajstić information content (AvgIpc) is 2.81. The summed E-state index contributed by atoms with van der Waals surface area (Å²) in [5.74, 6) is -4.47. The lowest BCUT2D eigenvalue weighted by atomic mass is 9.85. The molecule has 0 radical (unpaired) electrons. The fraction of sp³-hybridized carbons (Fsp3) is 0.857. The molecule has 0 bridgehead atoms. The molecule has 21 heavy (non-hydrogen) atoms. The molecule has 5 nitrogen and oxygen atoms in total. The van der Waals surface area contributed by atoms with Gasteiger partial charge in [0.1, 0.15) is 0 Å². The summed E-state index contributed by atoms with van der Waals surface area (Å²) < 4.78 is 27.4. The summed E-state index contributed by atoms with van der Waals surface area (Å²) in [5, 5.41) is 11.7. The highest BCUT2D eigenvalue weighted by Gasteiger charge is 2.44. The number of likely N-dealkylation sites (tertiary alicyclic amines) is 1. The van der Waals surface area contributed by atoms with Crippen LogP contribution in [0.1, 0.15) is 39.0 Å². The maximum absolute atomic E-state index is 13.7. The van der Waals surface area contributed by atoms with Crippen molar-refractivity contribution in [3.05, 3.63) is 0 Å². The molecule has 2 amide bonds. The highest BCUT2D eigenvalue weighted by atomic mass is 19.3. The molecule has 2 atom stereocenters. The number of urea groups is 1. The molecule has 7 heteroatoms. The molecule has 1 aliphatic heterocycles. The zero-order valence-corrected chi connectivity index (χ0v) is 12.2. The molecule has 2 N–H and O–H groups in total. The van der Waals surface area contributed by atoms with Crippen LogP contribution in [0.4, 0.5) is 13.6 Å². The zero-order valence-electron chi connectivity index (χ0n) is 12.2. The van der Waals surface area contributed by atoms with Crippen molar-refractivity contribution in [2.24, 2.45) is 11.3 Å². The maximum Gasteiger partial charge on any atom is 0.317 e. The van der Waals surface area contributed by atoms with Gasteiger partial charge in [0, 0.05) is 32.0 Å². The van der Waals surface area contributed by atoms with Gasteiger partial charge < -0.3 is 15.3 Å². The first-order valence-corrected chi connectivity index (χ1v) is 7.39. The van der Waals surface area contributed by atoms with E-state index in [-0.39, 0.29) is 19.5 Å². The molecular weight excluding hydrogens is 282 g/mol. The standard InChI is InChI=1S/C14H22F2N2O3/c1-13(11(19)20)6-7-18(9-13)12(21)17-8-10-4-2-3-5-14(10,15)16/h10H,2-9H2,1H3,(H,17,21)(H,19,20). The summed E-state index contributed by atoms with van der Waals surface area (Å²) in [5.41, 5.74) is -0.938. The number of amides is 2. The quantitative estimate of drug-likeness (QED) is 0.840. The minimum Gasteiger partial charge on any atom is -0.481 e. The van der Waals surface area contributed by atoms with Crippen LogP contribution in [0, 0.1) is 11.3 Å². The van der Waals surface area contributed by atoms with E-state index in [1.165, 1.54) is 4.90 Å². The molecule has 1 heterocycles. The van der Waals surface area contributed by atoms with E-state index in [9.17, 15) is 18.4 Å². The number of rotatable bonds is 3. The van der Waals surface area contributed by atoms with E-state index in [1.54, 1.807) is 6.92 Å². The van der Waals surface area contributed by atoms with Crippen LogP contribution in [-0.2, 0) is 4.79 Å². The topological polar surface area (TPSA) is 69.6 Å². The van der Waals surface area contributed by atoms with Crippen LogP contribution < -0.4 is 5.32 Å². The molecule has 0 aromatic carbocycles. The SMILES string of the molecule is CC1(C(=O)O)CCN(C(=O)NCC2CCCCC2(F)F)C1. The predicted octanol–water partition coefficient (Wildman–Crippen LogP) is 2.32. The second kappa shape index (κ2) is 5.77. The van der Waals surface area contributed by atoms with Crippen LogP contribution in [-0.4, -0.2) is 47.6 Å². The van der Waals surface area contributed by atoms with Crippen molar-refractivity contribution >= 4 is 12.0 Å². The third kappa shape index (κ3) is 3.44. The minimum atomic E-state index is -2.72. The van der Waals surface area contributed by atoms with Crippen LogP contribution in [0.3, 0.4) is 0 Å². The number of nitrogens with one attached hydrogen (secondary N) is 1. The van der Waals surface area contributed by atoms with E-state index in [1.807, 2.05) is 0 Å². The van der Waals surface area contributed by atoms with Crippen molar-refractivity contribution in [1.29, 1.82) is 0 Å². The van der Waals surface area contributed by atoms with Crippen LogP contribution in [0.5, 0.6) is 0 Å². The Morgan fingerprint density at radius 2 is 2.05 bits per heavy atom. The summed E-state index contributed by atoms with van der Waals surface area (Å²) in [6, 6.07) is -0.443. The Bertz CT molecular complexity index is 430. The number of alkyl halides is 2. The van der Waals surface area contributed by atoms with Crippen LogP contribution in [0.25, 0.3) is 0 Å². The van der Waals surface area contributed by atoms with E-state index >= 15 is 0 Å². The number of hydrogen-bond acceptors (Lipinski definition) is 2. The first-order valence-electron chi connectivity index (χ1n) is 7.39. The summed E-state index contributed by atoms with van der Waals surface area (Å²) in [7, 11) is 0. The van der Waals surface area contributed by atoms with Gasteiger partial charge in [0.05, 0.1) is 5.41 Å². The Balaban J connectivity index is 1.84. The van der Waals surface area contributed by atoms with Gasteiger partial charge in [0.15, 0.2) is 0 Å². The average molecular weight is 304 g/mol. The lowest BCUT2D eigenvalue weighted by Crippen LogP contribution is -2.46. The summed E-state index contributed by atoms with van der Waals surface area (Å²) in [4.78, 5) is 24.5. The van der Waals surface area contributed by atoms with E-state index in [4.69, 9.17) is 5.11 Å². The van der Waals surface area contributed by atoms with Crippen LogP contribution in [0.15, 0.2) is 0 Å². The van der Waals surface area contributed by atoms with Crippen LogP contribution in [0.2, 0.25) is 0 Å². The van der Waals surface area contributed by atoms with Gasteiger partial charge in [0.25, 0.3) is 5.92 Å². The highest BCUT2D eigenvalue weighted by molar-refractivity contribution is 5.79. The molecule has 2 unspecified atom stereocenters. The van der Waals surface area contributed by atoms with E-state index in [0.717, 1.165) is 6.42 Å². The van der Waals surface area contributed by atoms with Crippen molar-refractivity contribution in [2.45, 2.75) is 45.0 Å². The fourth-order valence-electron chi connectivity index (χ4n) is 3.05. The normalized spacial score (nSPS) is 32.0. The summed E-state index contributed by atoms with van der Waals surface area (Å²) in [6.07, 6.45) is 1.97. The second-order valence-electron chi connectivity index (χ2n) is 6.43. The third-order valence-electron chi connectivity index (χ3n) is 4.69. The van der Waals surface area contributed by atoms with E-state index < -0.39 is 29.3 Å². The molecule has 1 aliphatic carbocycles. The minimum absolute atomic E-state index is 0.0495. The molecule has 0 aromatic rings. The predicted molar refractivity (Wildman–Crippen MR) is 72.2 cm³/mol. The molecule has 2 fully saturated rings. The Hall–Kier alpha value is -1.40. The molecule has 2 aliphatic rings. The number of carboxylic acids is 1. The highest BCUT2D eigenvalue weighted by Crippen LogP contribution is 2.38.